The molecule has 1 aliphatic rings. The number of fused-ring (bicyclic) bond motifs is 1. The molecule has 2 heterocycles. The monoisotopic (exact) mass is 385 g/mol. The van der Waals surface area contributed by atoms with Gasteiger partial charge in [0.05, 0.1) is 17.4 Å². The highest BCUT2D eigenvalue weighted by Crippen LogP contribution is 2.36. The Morgan fingerprint density at radius 3 is 2.52 bits per heavy atom. The van der Waals surface area contributed by atoms with E-state index < -0.39 is 5.97 Å². The van der Waals surface area contributed by atoms with Gasteiger partial charge in [0.25, 0.3) is 0 Å². The number of hydrogen-bond acceptors (Lipinski definition) is 5. The minimum atomic E-state index is -0.974. The van der Waals surface area contributed by atoms with Gasteiger partial charge >= 0.3 is 5.97 Å². The van der Waals surface area contributed by atoms with Gasteiger partial charge in [0, 0.05) is 5.56 Å². The Hall–Kier alpha value is -4.13. The van der Waals surface area contributed by atoms with Crippen LogP contribution in [0.15, 0.2) is 72.9 Å². The van der Waals surface area contributed by atoms with Gasteiger partial charge in [-0.05, 0) is 47.5 Å². The molecule has 0 atom stereocenters. The number of aromatic carboxylic acids is 1. The third-order valence-electron chi connectivity index (χ3n) is 4.74. The van der Waals surface area contributed by atoms with Crippen molar-refractivity contribution >= 4 is 5.97 Å². The van der Waals surface area contributed by atoms with E-state index >= 15 is 0 Å². The van der Waals surface area contributed by atoms with Crippen molar-refractivity contribution in [3.63, 3.8) is 0 Å². The van der Waals surface area contributed by atoms with Crippen molar-refractivity contribution in [2.24, 2.45) is 0 Å². The fourth-order valence-electron chi connectivity index (χ4n) is 3.22. The predicted molar refractivity (Wildman–Crippen MR) is 105 cm³/mol. The minimum Gasteiger partial charge on any atom is -0.478 e. The number of carbonyl (C=O) groups is 1. The summed E-state index contributed by atoms with van der Waals surface area (Å²) in [6, 6.07) is 20.4. The van der Waals surface area contributed by atoms with Crippen LogP contribution in [0.1, 0.15) is 10.4 Å². The molecule has 29 heavy (non-hydrogen) atoms. The second-order valence-electron chi connectivity index (χ2n) is 6.55. The summed E-state index contributed by atoms with van der Waals surface area (Å²) in [5, 5.41) is 17.5. The van der Waals surface area contributed by atoms with E-state index in [-0.39, 0.29) is 12.4 Å². The predicted octanol–water partition coefficient (Wildman–Crippen LogP) is 4.03. The van der Waals surface area contributed by atoms with Crippen molar-refractivity contribution in [2.45, 2.75) is 0 Å². The first-order valence-electron chi connectivity index (χ1n) is 8.94. The normalized spacial score (nSPS) is 12.1. The number of nitrogens with zero attached hydrogens (tertiary/aromatic N) is 3. The summed E-state index contributed by atoms with van der Waals surface area (Å²) >= 11 is 0. The maximum atomic E-state index is 11.2. The number of benzene rings is 3. The lowest BCUT2D eigenvalue weighted by Gasteiger charge is -2.05. The maximum absolute atomic E-state index is 11.2. The molecule has 7 heteroatoms. The Bertz CT molecular complexity index is 1210. The van der Waals surface area contributed by atoms with Crippen LogP contribution in [-0.4, -0.2) is 32.9 Å². The molecule has 0 unspecified atom stereocenters. The first kappa shape index (κ1) is 17.0. The lowest BCUT2D eigenvalue weighted by molar-refractivity contribution is 0.0697. The van der Waals surface area contributed by atoms with Crippen molar-refractivity contribution in [3.8, 4) is 39.6 Å². The van der Waals surface area contributed by atoms with Crippen LogP contribution in [0.5, 0.6) is 11.5 Å². The van der Waals surface area contributed by atoms with Crippen molar-refractivity contribution in [3.05, 3.63) is 78.5 Å². The van der Waals surface area contributed by atoms with Crippen molar-refractivity contribution in [1.29, 1.82) is 0 Å². The van der Waals surface area contributed by atoms with Gasteiger partial charge in [-0.15, -0.1) is 5.10 Å². The van der Waals surface area contributed by atoms with Crippen molar-refractivity contribution in [1.82, 2.24) is 15.0 Å². The van der Waals surface area contributed by atoms with Crippen molar-refractivity contribution < 1.29 is 19.4 Å². The van der Waals surface area contributed by atoms with Crippen LogP contribution in [0.4, 0.5) is 0 Å². The molecular formula is C22H15N3O4. The third kappa shape index (κ3) is 3.19. The van der Waals surface area contributed by atoms with Crippen LogP contribution in [0.25, 0.3) is 28.1 Å². The van der Waals surface area contributed by atoms with Gasteiger partial charge < -0.3 is 14.6 Å². The number of carboxylic acids is 1. The molecule has 3 aromatic carbocycles. The summed E-state index contributed by atoms with van der Waals surface area (Å²) in [4.78, 5) is 11.2. The largest absolute Gasteiger partial charge is 0.478 e. The number of aromatic nitrogens is 3. The SMILES string of the molecule is O=C(O)c1cccc(-c2cn(-c3ccc(-c4ccc5c(c4)OCO5)cc3)nn2)c1. The minimum absolute atomic E-state index is 0.213. The van der Waals surface area contributed by atoms with Gasteiger partial charge in [-0.2, -0.15) is 0 Å². The molecule has 1 aliphatic heterocycles. The number of rotatable bonds is 4. The fraction of sp³-hybridized carbons (Fsp3) is 0.0455. The molecule has 1 N–H and O–H groups in total. The zero-order valence-corrected chi connectivity index (χ0v) is 15.1. The lowest BCUT2D eigenvalue weighted by atomic mass is 10.0. The van der Waals surface area contributed by atoms with Crippen LogP contribution in [0, 0.1) is 0 Å². The van der Waals surface area contributed by atoms with Gasteiger partial charge in [-0.3, -0.25) is 0 Å². The van der Waals surface area contributed by atoms with Crippen LogP contribution >= 0.6 is 0 Å². The van der Waals surface area contributed by atoms with Gasteiger partial charge in [0.1, 0.15) is 5.69 Å². The molecule has 0 spiro atoms. The molecule has 0 amide bonds. The highest BCUT2D eigenvalue weighted by Gasteiger charge is 2.14. The second kappa shape index (κ2) is 6.79. The summed E-state index contributed by atoms with van der Waals surface area (Å²) < 4.78 is 12.5. The highest BCUT2D eigenvalue weighted by molar-refractivity contribution is 5.89. The first-order valence-corrected chi connectivity index (χ1v) is 8.94. The van der Waals surface area contributed by atoms with E-state index in [2.05, 4.69) is 10.3 Å². The number of carboxylic acid groups (broad SMARTS) is 1. The average molecular weight is 385 g/mol. The van der Waals surface area contributed by atoms with Crippen LogP contribution < -0.4 is 9.47 Å². The van der Waals surface area contributed by atoms with Crippen LogP contribution in [0.3, 0.4) is 0 Å². The molecule has 0 bridgehead atoms. The molecule has 0 aliphatic carbocycles. The lowest BCUT2D eigenvalue weighted by Crippen LogP contribution is -1.95. The van der Waals surface area contributed by atoms with E-state index in [1.165, 1.54) is 0 Å². The Labute approximate surface area is 165 Å². The van der Waals surface area contributed by atoms with E-state index in [1.54, 1.807) is 29.1 Å². The first-order chi connectivity index (χ1) is 14.2. The Kier molecular flexibility index (Phi) is 3.98. The maximum Gasteiger partial charge on any atom is 0.335 e. The van der Waals surface area contributed by atoms with E-state index in [9.17, 15) is 4.79 Å². The molecule has 0 saturated carbocycles. The summed E-state index contributed by atoms with van der Waals surface area (Å²) in [7, 11) is 0. The summed E-state index contributed by atoms with van der Waals surface area (Å²) in [5.41, 5.74) is 4.45. The van der Waals surface area contributed by atoms with E-state index in [1.807, 2.05) is 48.5 Å². The zero-order valence-electron chi connectivity index (χ0n) is 15.1. The van der Waals surface area contributed by atoms with E-state index in [0.717, 1.165) is 28.3 Å². The standard InChI is InChI=1S/C22H15N3O4/c26-22(27)17-3-1-2-16(10-17)19-12-25(24-23-19)18-7-4-14(5-8-18)15-6-9-20-21(11-15)29-13-28-20/h1-12H,13H2,(H,26,27). The van der Waals surface area contributed by atoms with Gasteiger partial charge in [0.15, 0.2) is 11.5 Å². The average Bonchev–Trinajstić information content (AvgIpc) is 3.43. The van der Waals surface area contributed by atoms with Crippen LogP contribution in [-0.2, 0) is 0 Å². The van der Waals surface area contributed by atoms with Gasteiger partial charge in [-0.25, -0.2) is 9.48 Å². The van der Waals surface area contributed by atoms with Crippen LogP contribution in [0.2, 0.25) is 0 Å². The molecule has 0 fully saturated rings. The molecule has 142 valence electrons. The topological polar surface area (TPSA) is 86.5 Å². The molecule has 0 radical (unpaired) electrons. The summed E-state index contributed by atoms with van der Waals surface area (Å²) in [6.07, 6.45) is 1.77. The molecule has 7 nitrogen and oxygen atoms in total. The van der Waals surface area contributed by atoms with E-state index in [4.69, 9.17) is 14.6 Å². The molecular weight excluding hydrogens is 370 g/mol. The van der Waals surface area contributed by atoms with Gasteiger partial charge in [0.2, 0.25) is 6.79 Å². The Morgan fingerprint density at radius 1 is 0.897 bits per heavy atom. The second-order valence-corrected chi connectivity index (χ2v) is 6.55. The molecule has 4 aromatic rings. The zero-order chi connectivity index (χ0) is 19.8. The summed E-state index contributed by atoms with van der Waals surface area (Å²) in [6.45, 7) is 0.252. The molecule has 0 saturated heterocycles. The number of ether oxygens (including phenoxy) is 2. The number of hydrogen-bond donors (Lipinski definition) is 1. The fourth-order valence-corrected chi connectivity index (χ4v) is 3.22. The third-order valence-corrected chi connectivity index (χ3v) is 4.74. The Balaban J connectivity index is 1.41. The highest BCUT2D eigenvalue weighted by atomic mass is 16.7. The molecule has 1 aromatic heterocycles. The van der Waals surface area contributed by atoms with Gasteiger partial charge in [-0.1, -0.05) is 35.5 Å². The summed E-state index contributed by atoms with van der Waals surface area (Å²) in [5.74, 6) is 0.530. The Morgan fingerprint density at radius 2 is 1.69 bits per heavy atom. The molecule has 5 rings (SSSR count). The smallest absolute Gasteiger partial charge is 0.335 e. The quantitative estimate of drug-likeness (QED) is 0.571. The van der Waals surface area contributed by atoms with E-state index in [0.29, 0.717) is 11.3 Å². The van der Waals surface area contributed by atoms with Crippen molar-refractivity contribution in [2.75, 3.05) is 6.79 Å².